The third kappa shape index (κ3) is 3.42. The van der Waals surface area contributed by atoms with E-state index in [1.54, 1.807) is 44.4 Å². The zero-order valence-electron chi connectivity index (χ0n) is 11.9. The van der Waals surface area contributed by atoms with Crippen LogP contribution < -0.4 is 0 Å². The van der Waals surface area contributed by atoms with Crippen molar-refractivity contribution in [3.8, 4) is 0 Å². The van der Waals surface area contributed by atoms with E-state index in [1.807, 2.05) is 6.07 Å². The predicted octanol–water partition coefficient (Wildman–Crippen LogP) is 4.65. The summed E-state index contributed by atoms with van der Waals surface area (Å²) in [7, 11) is 0. The Bertz CT molecular complexity index is 622. The summed E-state index contributed by atoms with van der Waals surface area (Å²) in [5, 5.41) is 0.992. The van der Waals surface area contributed by atoms with E-state index < -0.39 is 5.41 Å². The van der Waals surface area contributed by atoms with Gasteiger partial charge in [0.25, 0.3) is 0 Å². The number of benzene rings is 1. The molecule has 3 nitrogen and oxygen atoms in total. The minimum Gasteiger partial charge on any atom is -0.469 e. The van der Waals surface area contributed by atoms with Gasteiger partial charge in [0.1, 0.15) is 5.76 Å². The number of halogens is 2. The molecular weight excluding hydrogens is 311 g/mol. The highest BCUT2D eigenvalue weighted by Gasteiger charge is 2.39. The maximum atomic E-state index is 12.5. The Labute approximate surface area is 133 Å². The Hall–Kier alpha value is -1.45. The molecule has 0 aliphatic carbocycles. The Morgan fingerprint density at radius 2 is 2.10 bits per heavy atom. The second-order valence-corrected chi connectivity index (χ2v) is 5.78. The van der Waals surface area contributed by atoms with Crippen molar-refractivity contribution < 1.29 is 13.9 Å². The van der Waals surface area contributed by atoms with E-state index in [0.29, 0.717) is 34.4 Å². The van der Waals surface area contributed by atoms with Crippen molar-refractivity contribution in [1.29, 1.82) is 0 Å². The molecule has 1 heterocycles. The first kappa shape index (κ1) is 15.9. The first-order valence-electron chi connectivity index (χ1n) is 6.62. The minimum absolute atomic E-state index is 0.296. The molecule has 0 aliphatic rings. The summed E-state index contributed by atoms with van der Waals surface area (Å²) in [6.45, 7) is 3.85. The Balaban J connectivity index is 2.49. The smallest absolute Gasteiger partial charge is 0.316 e. The summed E-state index contributed by atoms with van der Waals surface area (Å²) in [6, 6.07) is 8.66. The van der Waals surface area contributed by atoms with Gasteiger partial charge in [0.05, 0.1) is 18.3 Å². The summed E-state index contributed by atoms with van der Waals surface area (Å²) < 4.78 is 10.6. The van der Waals surface area contributed by atoms with Crippen LogP contribution in [0.1, 0.15) is 25.2 Å². The predicted molar refractivity (Wildman–Crippen MR) is 82.9 cm³/mol. The first-order valence-corrected chi connectivity index (χ1v) is 7.38. The van der Waals surface area contributed by atoms with E-state index in [1.165, 1.54) is 0 Å². The second-order valence-electron chi connectivity index (χ2n) is 4.93. The van der Waals surface area contributed by atoms with Gasteiger partial charge >= 0.3 is 5.97 Å². The van der Waals surface area contributed by atoms with Crippen LogP contribution in [0.3, 0.4) is 0 Å². The van der Waals surface area contributed by atoms with E-state index in [0.717, 1.165) is 0 Å². The fraction of sp³-hybridized carbons (Fsp3) is 0.312. The number of rotatable bonds is 5. The number of ether oxygens (including phenoxy) is 1. The molecule has 0 aliphatic heterocycles. The van der Waals surface area contributed by atoms with Crippen molar-refractivity contribution in [2.75, 3.05) is 6.61 Å². The average Bonchev–Trinajstić information content (AvgIpc) is 2.94. The molecule has 0 saturated heterocycles. The van der Waals surface area contributed by atoms with Gasteiger partial charge in [0, 0.05) is 16.5 Å². The van der Waals surface area contributed by atoms with Crippen molar-refractivity contribution in [3.05, 3.63) is 58.0 Å². The van der Waals surface area contributed by atoms with Crippen molar-refractivity contribution in [3.63, 3.8) is 0 Å². The Kier molecular flexibility index (Phi) is 4.96. The number of carbonyl (C=O) groups excluding carboxylic acids is 1. The number of carbonyl (C=O) groups is 1. The molecule has 1 aromatic carbocycles. The van der Waals surface area contributed by atoms with E-state index in [9.17, 15) is 4.79 Å². The van der Waals surface area contributed by atoms with Gasteiger partial charge < -0.3 is 9.15 Å². The number of esters is 1. The van der Waals surface area contributed by atoms with Crippen LogP contribution in [-0.2, 0) is 21.4 Å². The maximum Gasteiger partial charge on any atom is 0.316 e. The van der Waals surface area contributed by atoms with Crippen molar-refractivity contribution in [2.45, 2.75) is 25.7 Å². The van der Waals surface area contributed by atoms with Crippen LogP contribution in [0, 0.1) is 0 Å². The Morgan fingerprint density at radius 1 is 1.33 bits per heavy atom. The second kappa shape index (κ2) is 6.54. The van der Waals surface area contributed by atoms with Crippen molar-refractivity contribution in [2.24, 2.45) is 0 Å². The van der Waals surface area contributed by atoms with Gasteiger partial charge in [-0.2, -0.15) is 0 Å². The van der Waals surface area contributed by atoms with Crippen LogP contribution in [0.2, 0.25) is 10.0 Å². The van der Waals surface area contributed by atoms with E-state index in [-0.39, 0.29) is 5.97 Å². The molecule has 0 N–H and O–H groups in total. The fourth-order valence-electron chi connectivity index (χ4n) is 2.25. The zero-order chi connectivity index (χ0) is 15.5. The van der Waals surface area contributed by atoms with Crippen LogP contribution in [0.4, 0.5) is 0 Å². The monoisotopic (exact) mass is 326 g/mol. The molecule has 5 heteroatoms. The quantitative estimate of drug-likeness (QED) is 0.751. The van der Waals surface area contributed by atoms with Crippen LogP contribution in [-0.4, -0.2) is 12.6 Å². The first-order chi connectivity index (χ1) is 9.97. The van der Waals surface area contributed by atoms with E-state index in [2.05, 4.69) is 0 Å². The third-order valence-electron chi connectivity index (χ3n) is 3.36. The molecule has 21 heavy (non-hydrogen) atoms. The normalized spacial score (nSPS) is 13.7. The lowest BCUT2D eigenvalue weighted by molar-refractivity contribution is -0.149. The molecule has 0 amide bonds. The highest BCUT2D eigenvalue weighted by molar-refractivity contribution is 6.34. The maximum absolute atomic E-state index is 12.5. The fourth-order valence-corrected chi connectivity index (χ4v) is 2.75. The summed E-state index contributed by atoms with van der Waals surface area (Å²) >= 11 is 12.3. The van der Waals surface area contributed by atoms with E-state index in [4.69, 9.17) is 32.4 Å². The molecule has 1 unspecified atom stereocenters. The van der Waals surface area contributed by atoms with E-state index >= 15 is 0 Å². The summed E-state index contributed by atoms with van der Waals surface area (Å²) in [4.78, 5) is 12.5. The topological polar surface area (TPSA) is 39.4 Å². The van der Waals surface area contributed by atoms with Crippen LogP contribution in [0.15, 0.2) is 41.0 Å². The lowest BCUT2D eigenvalue weighted by Gasteiger charge is -2.28. The standard InChI is InChI=1S/C16H16Cl2O3/c1-3-20-15(19)16(2,10-12-5-4-8-21-12)13-9-11(17)6-7-14(13)18/h4-9H,3,10H2,1-2H3. The van der Waals surface area contributed by atoms with Crippen LogP contribution >= 0.6 is 23.2 Å². The van der Waals surface area contributed by atoms with Crippen LogP contribution in [0.25, 0.3) is 0 Å². The molecule has 0 saturated carbocycles. The van der Waals surface area contributed by atoms with Gasteiger partial charge in [0.2, 0.25) is 0 Å². The molecule has 112 valence electrons. The highest BCUT2D eigenvalue weighted by Crippen LogP contribution is 2.36. The molecular formula is C16H16Cl2O3. The SMILES string of the molecule is CCOC(=O)C(C)(Cc1ccco1)c1cc(Cl)ccc1Cl. The van der Waals surface area contributed by atoms with Gasteiger partial charge in [-0.25, -0.2) is 0 Å². The number of hydrogen-bond donors (Lipinski definition) is 0. The summed E-state index contributed by atoms with van der Waals surface area (Å²) in [6.07, 6.45) is 1.92. The molecule has 2 rings (SSSR count). The highest BCUT2D eigenvalue weighted by atomic mass is 35.5. The largest absolute Gasteiger partial charge is 0.469 e. The molecule has 0 bridgehead atoms. The minimum atomic E-state index is -0.962. The van der Waals surface area contributed by atoms with Crippen molar-refractivity contribution in [1.82, 2.24) is 0 Å². The molecule has 1 aromatic heterocycles. The molecule has 0 radical (unpaired) electrons. The summed E-state index contributed by atoms with van der Waals surface area (Å²) in [5.74, 6) is 0.326. The van der Waals surface area contributed by atoms with Gasteiger partial charge in [-0.3, -0.25) is 4.79 Å². The van der Waals surface area contributed by atoms with Gasteiger partial charge in [-0.1, -0.05) is 23.2 Å². The van der Waals surface area contributed by atoms with Gasteiger partial charge in [0.15, 0.2) is 0 Å². The van der Waals surface area contributed by atoms with Gasteiger partial charge in [-0.05, 0) is 49.7 Å². The lowest BCUT2D eigenvalue weighted by Crippen LogP contribution is -2.37. The Morgan fingerprint density at radius 3 is 2.71 bits per heavy atom. The number of hydrogen-bond acceptors (Lipinski definition) is 3. The average molecular weight is 327 g/mol. The summed E-state index contributed by atoms with van der Waals surface area (Å²) in [5.41, 5.74) is -0.331. The molecule has 1 atom stereocenters. The molecule has 0 fully saturated rings. The van der Waals surface area contributed by atoms with Crippen LogP contribution in [0.5, 0.6) is 0 Å². The molecule has 0 spiro atoms. The molecule has 2 aromatic rings. The zero-order valence-corrected chi connectivity index (χ0v) is 13.4. The number of furan rings is 1. The third-order valence-corrected chi connectivity index (χ3v) is 3.92. The van der Waals surface area contributed by atoms with Gasteiger partial charge in [-0.15, -0.1) is 0 Å². The lowest BCUT2D eigenvalue weighted by atomic mass is 9.78. The van der Waals surface area contributed by atoms with Crippen molar-refractivity contribution >= 4 is 29.2 Å².